The highest BCUT2D eigenvalue weighted by molar-refractivity contribution is 9.10. The van der Waals surface area contributed by atoms with Gasteiger partial charge >= 0.3 is 0 Å². The fraction of sp³-hybridized carbons (Fsp3) is 0.100. The van der Waals surface area contributed by atoms with Gasteiger partial charge in [-0.1, -0.05) is 264 Å². The molecule has 4 nitrogen and oxygen atoms in total. The number of halogens is 1. The molecule has 0 amide bonds. The van der Waals surface area contributed by atoms with Crippen LogP contribution in [0.3, 0.4) is 0 Å². The molecule has 0 aliphatic carbocycles. The van der Waals surface area contributed by atoms with Crippen molar-refractivity contribution in [3.63, 3.8) is 0 Å². The Morgan fingerprint density at radius 3 is 1.15 bits per heavy atom. The van der Waals surface area contributed by atoms with E-state index in [9.17, 15) is 0 Å². The van der Waals surface area contributed by atoms with Crippen LogP contribution in [0.25, 0.3) is 72.0 Å². The first-order valence-electron chi connectivity index (χ1n) is 29.3. The first-order valence-corrected chi connectivity index (χ1v) is 30.0. The fourth-order valence-electron chi connectivity index (χ4n) is 11.9. The van der Waals surface area contributed by atoms with Crippen LogP contribution in [-0.4, -0.2) is 4.57 Å². The van der Waals surface area contributed by atoms with E-state index in [-0.39, 0.29) is 10.8 Å². The van der Waals surface area contributed by atoms with Gasteiger partial charge in [-0.2, -0.15) is 0 Å². The molecule has 0 unspecified atom stereocenters. The zero-order chi connectivity index (χ0) is 58.2. The van der Waals surface area contributed by atoms with Crippen molar-refractivity contribution < 1.29 is 4.74 Å². The Balaban J connectivity index is 1.13. The van der Waals surface area contributed by atoms with E-state index in [1.54, 1.807) is 0 Å². The van der Waals surface area contributed by atoms with Crippen LogP contribution in [0.5, 0.6) is 11.5 Å². The summed E-state index contributed by atoms with van der Waals surface area (Å²) in [6.45, 7) is 13.7. The summed E-state index contributed by atoms with van der Waals surface area (Å²) in [4.78, 5) is 5.01. The summed E-state index contributed by atoms with van der Waals surface area (Å²) >= 11 is 3.83. The number of para-hydroxylation sites is 4. The van der Waals surface area contributed by atoms with Gasteiger partial charge in [-0.05, 0) is 123 Å². The van der Waals surface area contributed by atoms with Gasteiger partial charge in [0.15, 0.2) is 0 Å². The van der Waals surface area contributed by atoms with Gasteiger partial charge in [-0.3, -0.25) is 0 Å². The van der Waals surface area contributed by atoms with E-state index in [0.717, 1.165) is 111 Å². The predicted molar refractivity (Wildman–Crippen MR) is 364 cm³/mol. The number of ether oxygens (including phenoxy) is 1. The van der Waals surface area contributed by atoms with Crippen LogP contribution in [0.1, 0.15) is 52.7 Å². The number of aromatic nitrogens is 1. The Morgan fingerprint density at radius 1 is 0.318 bits per heavy atom. The van der Waals surface area contributed by atoms with Crippen molar-refractivity contribution in [3.05, 3.63) is 307 Å². The van der Waals surface area contributed by atoms with Gasteiger partial charge in [0.1, 0.15) is 11.5 Å². The molecule has 0 aliphatic rings. The maximum atomic E-state index is 6.98. The molecule has 0 spiro atoms. The van der Waals surface area contributed by atoms with Gasteiger partial charge < -0.3 is 19.1 Å². The standard InChI is InChI=1S/C80H66BrN3O/c1-79(2,3)59-47-61(81)51-68(50-59)85-67-38-24-37-64(54-67)83(78-71(57-31-15-9-16-32-57)43-26-44-72(78)58-33-17-10-18-34-58)66-49-60(80(4,5)6)48-65(53-66)82(77-69(55-27-11-7-12-28-55)41-25-42-70(77)56-29-13-8-14-30-56)62-35-23-36-63(52-62)84-75-45-21-19-39-73(75)74-40-20-22-46-76(74)84/h7-54H,1-6H3. The molecule has 0 atom stereocenters. The molecule has 0 saturated carbocycles. The van der Waals surface area contributed by atoms with Crippen molar-refractivity contribution in [2.45, 2.75) is 52.4 Å². The zero-order valence-electron chi connectivity index (χ0n) is 48.8. The SMILES string of the molecule is CC(C)(C)c1cc(Br)cc(Oc2cccc(N(c3cc(N(c4cccc(-n5c6ccccc6c6ccccc65)c4)c4c(-c5ccccc5)cccc4-c4ccccc4)cc(C(C)(C)C)c3)c3c(-c4ccccc4)cccc3-c3ccccc3)c2)c1. The Bertz CT molecular complexity index is 4370. The molecule has 13 aromatic rings. The Labute approximate surface area is 508 Å². The van der Waals surface area contributed by atoms with Crippen molar-refractivity contribution in [2.24, 2.45) is 0 Å². The van der Waals surface area contributed by atoms with Crippen molar-refractivity contribution in [2.75, 3.05) is 9.80 Å². The van der Waals surface area contributed by atoms with Crippen molar-refractivity contribution in [3.8, 4) is 61.7 Å². The lowest BCUT2D eigenvalue weighted by Gasteiger charge is -2.35. The van der Waals surface area contributed by atoms with E-state index in [1.165, 1.54) is 21.9 Å². The smallest absolute Gasteiger partial charge is 0.129 e. The highest BCUT2D eigenvalue weighted by Gasteiger charge is 2.29. The van der Waals surface area contributed by atoms with Crippen molar-refractivity contribution in [1.29, 1.82) is 0 Å². The van der Waals surface area contributed by atoms with Crippen LogP contribution in [0, 0.1) is 0 Å². The van der Waals surface area contributed by atoms with E-state index >= 15 is 0 Å². The van der Waals surface area contributed by atoms with Crippen LogP contribution in [-0.2, 0) is 10.8 Å². The molecule has 85 heavy (non-hydrogen) atoms. The van der Waals surface area contributed by atoms with Gasteiger partial charge in [-0.15, -0.1) is 0 Å². The van der Waals surface area contributed by atoms with Crippen LogP contribution >= 0.6 is 15.9 Å². The van der Waals surface area contributed by atoms with Gasteiger partial charge in [0.05, 0.1) is 22.4 Å². The number of nitrogens with zero attached hydrogens (tertiary/aromatic N) is 3. The molecule has 0 fully saturated rings. The van der Waals surface area contributed by atoms with E-state index in [2.05, 4.69) is 363 Å². The van der Waals surface area contributed by atoms with E-state index in [0.29, 0.717) is 0 Å². The first kappa shape index (κ1) is 54.6. The van der Waals surface area contributed by atoms with Crippen LogP contribution < -0.4 is 14.5 Å². The van der Waals surface area contributed by atoms with Crippen LogP contribution in [0.4, 0.5) is 34.1 Å². The average Bonchev–Trinajstić information content (AvgIpc) is 3.60. The third-order valence-electron chi connectivity index (χ3n) is 16.1. The second-order valence-electron chi connectivity index (χ2n) is 23.9. The quantitative estimate of drug-likeness (QED) is 0.115. The summed E-state index contributed by atoms with van der Waals surface area (Å²) in [6, 6.07) is 106. The third-order valence-corrected chi connectivity index (χ3v) is 16.6. The van der Waals surface area contributed by atoms with Crippen LogP contribution in [0.15, 0.2) is 296 Å². The minimum Gasteiger partial charge on any atom is -0.457 e. The van der Waals surface area contributed by atoms with Gasteiger partial charge in [0, 0.05) is 72.0 Å². The summed E-state index contributed by atoms with van der Waals surface area (Å²) in [5.74, 6) is 1.48. The maximum Gasteiger partial charge on any atom is 0.129 e. The Morgan fingerprint density at radius 2 is 0.706 bits per heavy atom. The van der Waals surface area contributed by atoms with E-state index in [1.807, 2.05) is 0 Å². The summed E-state index contributed by atoms with van der Waals surface area (Å²) in [6.07, 6.45) is 0. The highest BCUT2D eigenvalue weighted by atomic mass is 79.9. The second kappa shape index (κ2) is 22.8. The predicted octanol–water partition coefficient (Wildman–Crippen LogP) is 23.5. The summed E-state index contributed by atoms with van der Waals surface area (Å²) in [5.41, 5.74) is 20.2. The molecule has 12 aromatic carbocycles. The molecule has 1 aromatic heterocycles. The first-order chi connectivity index (χ1) is 41.3. The molecule has 0 radical (unpaired) electrons. The largest absolute Gasteiger partial charge is 0.457 e. The summed E-state index contributed by atoms with van der Waals surface area (Å²) < 4.78 is 10.4. The average molecular weight is 1170 g/mol. The van der Waals surface area contributed by atoms with Gasteiger partial charge in [0.25, 0.3) is 0 Å². The van der Waals surface area contributed by atoms with E-state index in [4.69, 9.17) is 4.74 Å². The maximum absolute atomic E-state index is 6.98. The topological polar surface area (TPSA) is 20.6 Å². The summed E-state index contributed by atoms with van der Waals surface area (Å²) in [7, 11) is 0. The molecule has 5 heteroatoms. The molecule has 0 bridgehead atoms. The Hall–Kier alpha value is -9.68. The molecule has 0 saturated heterocycles. The fourth-order valence-corrected chi connectivity index (χ4v) is 12.4. The summed E-state index contributed by atoms with van der Waals surface area (Å²) in [5, 5.41) is 2.44. The third kappa shape index (κ3) is 11.0. The zero-order valence-corrected chi connectivity index (χ0v) is 50.4. The lowest BCUT2D eigenvalue weighted by molar-refractivity contribution is 0.478. The molecule has 1 heterocycles. The minimum atomic E-state index is -0.314. The molecule has 0 aliphatic heterocycles. The van der Waals surface area contributed by atoms with Crippen molar-refractivity contribution in [1.82, 2.24) is 4.57 Å². The number of fused-ring (bicyclic) bond motifs is 3. The minimum absolute atomic E-state index is 0.0883. The number of rotatable bonds is 13. The number of hydrogen-bond donors (Lipinski definition) is 0. The van der Waals surface area contributed by atoms with Crippen molar-refractivity contribution >= 4 is 71.9 Å². The Kier molecular flexibility index (Phi) is 14.6. The molecule has 0 N–H and O–H groups in total. The number of anilines is 6. The molecular formula is C80H66BrN3O. The number of benzene rings is 12. The molecule has 13 rings (SSSR count). The highest BCUT2D eigenvalue weighted by Crippen LogP contribution is 2.53. The second-order valence-corrected chi connectivity index (χ2v) is 24.9. The lowest BCUT2D eigenvalue weighted by atomic mass is 9.85. The number of hydrogen-bond acceptors (Lipinski definition) is 3. The molecule has 414 valence electrons. The lowest BCUT2D eigenvalue weighted by Crippen LogP contribution is -2.19. The van der Waals surface area contributed by atoms with Gasteiger partial charge in [-0.25, -0.2) is 0 Å². The monoisotopic (exact) mass is 1160 g/mol. The van der Waals surface area contributed by atoms with E-state index < -0.39 is 0 Å². The normalized spacial score (nSPS) is 11.7. The van der Waals surface area contributed by atoms with Gasteiger partial charge in [0.2, 0.25) is 0 Å². The van der Waals surface area contributed by atoms with Crippen LogP contribution in [0.2, 0.25) is 0 Å². The molecular weight excluding hydrogens is 1100 g/mol.